The maximum absolute atomic E-state index is 11.0. The number of rotatable bonds is 4. The van der Waals surface area contributed by atoms with E-state index in [1.54, 1.807) is 0 Å². The van der Waals surface area contributed by atoms with E-state index in [0.717, 1.165) is 12.1 Å². The van der Waals surface area contributed by atoms with E-state index in [2.05, 4.69) is 0 Å². The number of benzene rings is 2. The van der Waals surface area contributed by atoms with Crippen molar-refractivity contribution in [1.82, 2.24) is 0 Å². The normalized spacial score (nSPS) is 10.2. The van der Waals surface area contributed by atoms with E-state index < -0.39 is 22.1 Å². The molecule has 2 aromatic rings. The summed E-state index contributed by atoms with van der Waals surface area (Å²) in [6.07, 6.45) is 0. The van der Waals surface area contributed by atoms with Crippen LogP contribution in [0.3, 0.4) is 0 Å². The van der Waals surface area contributed by atoms with E-state index in [-0.39, 0.29) is 11.5 Å². The van der Waals surface area contributed by atoms with Crippen LogP contribution in [0.5, 0.6) is 11.5 Å². The molecule has 0 saturated heterocycles. The van der Waals surface area contributed by atoms with Crippen molar-refractivity contribution in [2.45, 2.75) is 0 Å². The van der Waals surface area contributed by atoms with Gasteiger partial charge in [0.25, 0.3) is 5.69 Å². The maximum atomic E-state index is 11.0. The Balaban J connectivity index is 2.39. The topological polar surface area (TPSA) is 89.7 Å². The summed E-state index contributed by atoms with van der Waals surface area (Å²) in [5, 5.41) is 20.4. The molecule has 1 N–H and O–H groups in total. The highest BCUT2D eigenvalue weighted by atomic mass is 35.5. The van der Waals surface area contributed by atoms with E-state index >= 15 is 0 Å². The van der Waals surface area contributed by atoms with Crippen LogP contribution in [-0.4, -0.2) is 16.0 Å². The van der Waals surface area contributed by atoms with Crippen molar-refractivity contribution in [3.05, 3.63) is 62.1 Å². The van der Waals surface area contributed by atoms with Gasteiger partial charge in [0.15, 0.2) is 0 Å². The molecule has 8 heteroatoms. The van der Waals surface area contributed by atoms with Gasteiger partial charge in [0.1, 0.15) is 17.1 Å². The zero-order valence-electron chi connectivity index (χ0n) is 10.2. The Bertz CT molecular complexity index is 712. The number of hydrogen-bond acceptors (Lipinski definition) is 4. The summed E-state index contributed by atoms with van der Waals surface area (Å²) in [4.78, 5) is 21.0. The maximum Gasteiger partial charge on any atom is 0.342 e. The molecule has 0 fully saturated rings. The fraction of sp³-hybridized carbons (Fsp3) is 0. The molecule has 2 rings (SSSR count). The number of carboxylic acid groups (broad SMARTS) is 1. The molecule has 2 aromatic carbocycles. The molecule has 0 unspecified atom stereocenters. The lowest BCUT2D eigenvalue weighted by molar-refractivity contribution is -0.385. The highest BCUT2D eigenvalue weighted by Crippen LogP contribution is 2.31. The molecule has 0 aliphatic carbocycles. The summed E-state index contributed by atoms with van der Waals surface area (Å²) in [6, 6.07) is 7.89. The summed E-state index contributed by atoms with van der Waals surface area (Å²) in [6.45, 7) is 0. The molecule has 0 bridgehead atoms. The fourth-order valence-corrected chi connectivity index (χ4v) is 2.14. The van der Waals surface area contributed by atoms with Gasteiger partial charge < -0.3 is 9.84 Å². The van der Waals surface area contributed by atoms with Crippen LogP contribution in [0.1, 0.15) is 10.4 Å². The first kappa shape index (κ1) is 15.1. The van der Waals surface area contributed by atoms with Crippen LogP contribution in [0.2, 0.25) is 10.0 Å². The number of hydrogen-bond donors (Lipinski definition) is 1. The number of aromatic carboxylic acids is 1. The summed E-state index contributed by atoms with van der Waals surface area (Å²) in [7, 11) is 0. The number of carbonyl (C=O) groups is 1. The van der Waals surface area contributed by atoms with Crippen molar-refractivity contribution in [2.24, 2.45) is 0 Å². The molecule has 21 heavy (non-hydrogen) atoms. The lowest BCUT2D eigenvalue weighted by Crippen LogP contribution is -2.02. The summed E-state index contributed by atoms with van der Waals surface area (Å²) in [5.74, 6) is -1.01. The van der Waals surface area contributed by atoms with Crippen LogP contribution < -0.4 is 4.74 Å². The molecule has 0 radical (unpaired) electrons. The van der Waals surface area contributed by atoms with Crippen molar-refractivity contribution >= 4 is 34.9 Å². The molecular formula is C13H7Cl2NO5. The monoisotopic (exact) mass is 327 g/mol. The second-order valence-electron chi connectivity index (χ2n) is 3.95. The molecule has 0 aromatic heterocycles. The second-order valence-corrected chi connectivity index (χ2v) is 4.82. The minimum absolute atomic E-state index is 0.122. The first-order valence-corrected chi connectivity index (χ1v) is 6.28. The Morgan fingerprint density at radius 1 is 1.10 bits per heavy atom. The largest absolute Gasteiger partial charge is 0.477 e. The predicted octanol–water partition coefficient (Wildman–Crippen LogP) is 4.39. The van der Waals surface area contributed by atoms with Gasteiger partial charge in [-0.25, -0.2) is 4.79 Å². The lowest BCUT2D eigenvalue weighted by Gasteiger charge is -2.07. The molecule has 0 aliphatic heterocycles. The number of carboxylic acids is 1. The molecule has 108 valence electrons. The van der Waals surface area contributed by atoms with Gasteiger partial charge in [-0.05, 0) is 24.3 Å². The van der Waals surface area contributed by atoms with E-state index in [1.807, 2.05) is 0 Å². The first-order valence-electron chi connectivity index (χ1n) is 5.52. The zero-order valence-corrected chi connectivity index (χ0v) is 11.8. The number of nitro benzene ring substituents is 1. The van der Waals surface area contributed by atoms with Crippen molar-refractivity contribution in [3.8, 4) is 11.5 Å². The molecule has 0 atom stereocenters. The van der Waals surface area contributed by atoms with Gasteiger partial charge in [-0.2, -0.15) is 0 Å². The minimum Gasteiger partial charge on any atom is -0.477 e. The summed E-state index contributed by atoms with van der Waals surface area (Å²) in [5.41, 5.74) is -0.982. The van der Waals surface area contributed by atoms with Gasteiger partial charge in [-0.3, -0.25) is 10.1 Å². The highest BCUT2D eigenvalue weighted by molar-refractivity contribution is 6.34. The van der Waals surface area contributed by atoms with Gasteiger partial charge >= 0.3 is 5.97 Å². The average Bonchev–Trinajstić information content (AvgIpc) is 2.36. The van der Waals surface area contributed by atoms with Crippen molar-refractivity contribution < 1.29 is 19.6 Å². The third-order valence-electron chi connectivity index (χ3n) is 2.47. The predicted molar refractivity (Wildman–Crippen MR) is 76.6 cm³/mol. The molecule has 0 saturated carbocycles. The van der Waals surface area contributed by atoms with Crippen LogP contribution in [-0.2, 0) is 0 Å². The summed E-state index contributed by atoms with van der Waals surface area (Å²) < 4.78 is 5.41. The smallest absolute Gasteiger partial charge is 0.342 e. The Labute approximate surface area is 128 Å². The lowest BCUT2D eigenvalue weighted by atomic mass is 10.1. The van der Waals surface area contributed by atoms with Crippen LogP contribution in [0.4, 0.5) is 5.69 Å². The SMILES string of the molecule is O=C(O)c1cc(Oc2cc(Cl)cc(Cl)c2)ccc1[N+](=O)[O-]. The number of ether oxygens (including phenoxy) is 1. The number of nitrogens with zero attached hydrogens (tertiary/aromatic N) is 1. The van der Waals surface area contributed by atoms with Crippen LogP contribution in [0, 0.1) is 10.1 Å². The Morgan fingerprint density at radius 2 is 1.71 bits per heavy atom. The Hall–Kier alpha value is -2.31. The van der Waals surface area contributed by atoms with Crippen molar-refractivity contribution in [3.63, 3.8) is 0 Å². The zero-order chi connectivity index (χ0) is 15.6. The van der Waals surface area contributed by atoms with Gasteiger partial charge in [-0.1, -0.05) is 23.2 Å². The fourth-order valence-electron chi connectivity index (χ4n) is 1.63. The molecule has 0 heterocycles. The third-order valence-corrected chi connectivity index (χ3v) is 2.90. The van der Waals surface area contributed by atoms with Crippen LogP contribution >= 0.6 is 23.2 Å². The van der Waals surface area contributed by atoms with Gasteiger partial charge in [0.2, 0.25) is 0 Å². The molecule has 0 amide bonds. The quantitative estimate of drug-likeness (QED) is 0.664. The van der Waals surface area contributed by atoms with E-state index in [4.69, 9.17) is 33.0 Å². The third kappa shape index (κ3) is 3.62. The molecule has 6 nitrogen and oxygen atoms in total. The van der Waals surface area contributed by atoms with Crippen LogP contribution in [0.25, 0.3) is 0 Å². The van der Waals surface area contributed by atoms with E-state index in [9.17, 15) is 14.9 Å². The van der Waals surface area contributed by atoms with Gasteiger partial charge in [-0.15, -0.1) is 0 Å². The molecular weight excluding hydrogens is 321 g/mol. The Morgan fingerprint density at radius 3 is 2.24 bits per heavy atom. The standard InChI is InChI=1S/C13H7Cl2NO5/c14-7-3-8(15)5-10(4-7)21-9-1-2-12(16(19)20)11(6-9)13(17)18/h1-6H,(H,17,18). The van der Waals surface area contributed by atoms with Crippen LogP contribution in [0.15, 0.2) is 36.4 Å². The minimum atomic E-state index is -1.42. The first-order chi connectivity index (χ1) is 9.86. The second kappa shape index (κ2) is 5.99. The number of nitro groups is 1. The van der Waals surface area contributed by atoms with E-state index in [1.165, 1.54) is 24.3 Å². The Kier molecular flexibility index (Phi) is 4.30. The van der Waals surface area contributed by atoms with Crippen molar-refractivity contribution in [2.75, 3.05) is 0 Å². The van der Waals surface area contributed by atoms with Crippen molar-refractivity contribution in [1.29, 1.82) is 0 Å². The summed E-state index contributed by atoms with van der Waals surface area (Å²) >= 11 is 11.6. The number of halogens is 2. The average molecular weight is 328 g/mol. The van der Waals surface area contributed by atoms with Gasteiger partial charge in [0.05, 0.1) is 4.92 Å². The highest BCUT2D eigenvalue weighted by Gasteiger charge is 2.20. The van der Waals surface area contributed by atoms with Gasteiger partial charge in [0, 0.05) is 22.2 Å². The molecule has 0 aliphatic rings. The molecule has 0 spiro atoms. The van der Waals surface area contributed by atoms with E-state index in [0.29, 0.717) is 10.0 Å².